The van der Waals surface area contributed by atoms with Crippen molar-refractivity contribution in [3.8, 4) is 11.5 Å². The Kier molecular flexibility index (Phi) is 5.02. The number of rotatable bonds is 4. The molecule has 1 amide bonds. The van der Waals surface area contributed by atoms with E-state index >= 15 is 0 Å². The van der Waals surface area contributed by atoms with Gasteiger partial charge in [0.2, 0.25) is 0 Å². The molecule has 0 fully saturated rings. The Morgan fingerprint density at radius 2 is 2.00 bits per heavy atom. The molecule has 0 unspecified atom stereocenters. The highest BCUT2D eigenvalue weighted by Gasteiger charge is 2.21. The van der Waals surface area contributed by atoms with Crippen molar-refractivity contribution < 1.29 is 14.3 Å². The number of nitrogens with zero attached hydrogens (tertiary/aromatic N) is 1. The van der Waals surface area contributed by atoms with Crippen molar-refractivity contribution in [2.24, 2.45) is 0 Å². The Hall–Kier alpha value is -3.28. The second-order valence-electron chi connectivity index (χ2n) is 6.77. The predicted molar refractivity (Wildman–Crippen MR) is 107 cm³/mol. The highest BCUT2D eigenvalue weighted by molar-refractivity contribution is 5.99. The van der Waals surface area contributed by atoms with Gasteiger partial charge in [-0.25, -0.2) is 0 Å². The average Bonchev–Trinajstić information content (AvgIpc) is 2.71. The maximum Gasteiger partial charge on any atom is 0.264 e. The topological polar surface area (TPSA) is 69.6 Å². The van der Waals surface area contributed by atoms with E-state index in [1.807, 2.05) is 36.4 Å². The van der Waals surface area contributed by atoms with E-state index in [1.165, 1.54) is 0 Å². The number of methoxy groups -OCH3 is 1. The first kappa shape index (κ1) is 18.1. The van der Waals surface area contributed by atoms with Gasteiger partial charge in [-0.3, -0.25) is 9.59 Å². The van der Waals surface area contributed by atoms with Crippen molar-refractivity contribution in [3.05, 3.63) is 70.0 Å². The molecule has 28 heavy (non-hydrogen) atoms. The summed E-state index contributed by atoms with van der Waals surface area (Å²) in [6.45, 7) is 1.48. The zero-order chi connectivity index (χ0) is 19.5. The van der Waals surface area contributed by atoms with Crippen molar-refractivity contribution in [1.29, 1.82) is 0 Å². The van der Waals surface area contributed by atoms with Gasteiger partial charge in [0.05, 0.1) is 19.2 Å². The zero-order valence-electron chi connectivity index (χ0n) is 15.7. The van der Waals surface area contributed by atoms with Gasteiger partial charge in [-0.2, -0.15) is 0 Å². The van der Waals surface area contributed by atoms with Crippen LogP contribution in [0.1, 0.15) is 28.8 Å². The number of pyridine rings is 1. The van der Waals surface area contributed by atoms with E-state index in [4.69, 9.17) is 9.47 Å². The molecule has 1 aromatic heterocycles. The first-order valence-corrected chi connectivity index (χ1v) is 9.38. The summed E-state index contributed by atoms with van der Waals surface area (Å²) < 4.78 is 13.0. The van der Waals surface area contributed by atoms with Crippen LogP contribution in [0.15, 0.2) is 53.3 Å². The first-order valence-electron chi connectivity index (χ1n) is 9.38. The lowest BCUT2D eigenvalue weighted by molar-refractivity contribution is 0.0949. The van der Waals surface area contributed by atoms with Crippen LogP contribution in [0.4, 0.5) is 0 Å². The van der Waals surface area contributed by atoms with Gasteiger partial charge >= 0.3 is 0 Å². The number of carbonyl (C=O) groups is 1. The second kappa shape index (κ2) is 7.76. The molecule has 0 saturated heterocycles. The van der Waals surface area contributed by atoms with Crippen LogP contribution < -0.4 is 20.3 Å². The number of hydrogen-bond donors (Lipinski definition) is 1. The SMILES string of the molecule is COc1ccc2cc(C(=O)NCc3ccccc3)c(=O)n3c2c1OCCCC3. The fraction of sp³-hybridized carbons (Fsp3) is 0.273. The van der Waals surface area contributed by atoms with Gasteiger partial charge in [0, 0.05) is 18.5 Å². The minimum Gasteiger partial charge on any atom is -0.493 e. The number of carbonyl (C=O) groups excluding carboxylic acids is 1. The third-order valence-electron chi connectivity index (χ3n) is 4.95. The molecule has 1 aliphatic rings. The Bertz CT molecular complexity index is 1070. The minimum absolute atomic E-state index is 0.139. The van der Waals surface area contributed by atoms with Crippen LogP contribution in [0, 0.1) is 0 Å². The normalized spacial score (nSPS) is 13.3. The van der Waals surface area contributed by atoms with Gasteiger partial charge in [-0.1, -0.05) is 30.3 Å². The third kappa shape index (κ3) is 3.33. The lowest BCUT2D eigenvalue weighted by atomic mass is 10.1. The molecule has 3 aromatic rings. The van der Waals surface area contributed by atoms with Crippen molar-refractivity contribution >= 4 is 16.8 Å². The van der Waals surface area contributed by atoms with Crippen molar-refractivity contribution in [2.75, 3.05) is 13.7 Å². The molecule has 2 aromatic carbocycles. The van der Waals surface area contributed by atoms with E-state index in [0.29, 0.717) is 36.7 Å². The smallest absolute Gasteiger partial charge is 0.264 e. The molecule has 0 spiro atoms. The van der Waals surface area contributed by atoms with Gasteiger partial charge < -0.3 is 19.4 Å². The fourth-order valence-corrected chi connectivity index (χ4v) is 3.52. The van der Waals surface area contributed by atoms with E-state index in [0.717, 1.165) is 23.8 Å². The van der Waals surface area contributed by atoms with Gasteiger partial charge in [-0.05, 0) is 36.6 Å². The van der Waals surface area contributed by atoms with Crippen LogP contribution >= 0.6 is 0 Å². The second-order valence-corrected chi connectivity index (χ2v) is 6.77. The summed E-state index contributed by atoms with van der Waals surface area (Å²) in [5.74, 6) is 0.775. The lowest BCUT2D eigenvalue weighted by Gasteiger charge is -2.21. The quantitative estimate of drug-likeness (QED) is 0.757. The van der Waals surface area contributed by atoms with Crippen LogP contribution in [0.3, 0.4) is 0 Å². The molecule has 0 radical (unpaired) electrons. The summed E-state index contributed by atoms with van der Waals surface area (Å²) in [6.07, 6.45) is 1.64. The number of ether oxygens (including phenoxy) is 2. The summed E-state index contributed by atoms with van der Waals surface area (Å²) in [5.41, 5.74) is 1.49. The van der Waals surface area contributed by atoms with Crippen LogP contribution in [-0.4, -0.2) is 24.2 Å². The van der Waals surface area contributed by atoms with Crippen molar-refractivity contribution in [2.45, 2.75) is 25.9 Å². The molecular formula is C22H22N2O4. The summed E-state index contributed by atoms with van der Waals surface area (Å²) in [5, 5.41) is 3.63. The van der Waals surface area contributed by atoms with E-state index in [-0.39, 0.29) is 17.0 Å². The van der Waals surface area contributed by atoms with E-state index in [1.54, 1.807) is 23.8 Å². The van der Waals surface area contributed by atoms with Crippen LogP contribution in [0.2, 0.25) is 0 Å². The number of benzene rings is 2. The van der Waals surface area contributed by atoms with Gasteiger partial charge in [0.1, 0.15) is 5.56 Å². The van der Waals surface area contributed by atoms with Crippen LogP contribution in [0.5, 0.6) is 11.5 Å². The zero-order valence-corrected chi connectivity index (χ0v) is 15.7. The summed E-state index contributed by atoms with van der Waals surface area (Å²) in [4.78, 5) is 25.9. The number of aromatic nitrogens is 1. The van der Waals surface area contributed by atoms with Crippen molar-refractivity contribution in [1.82, 2.24) is 9.88 Å². The molecule has 6 heteroatoms. The molecule has 1 aliphatic heterocycles. The highest BCUT2D eigenvalue weighted by Crippen LogP contribution is 2.36. The van der Waals surface area contributed by atoms with E-state index < -0.39 is 0 Å². The maximum absolute atomic E-state index is 13.1. The molecular weight excluding hydrogens is 356 g/mol. The lowest BCUT2D eigenvalue weighted by Crippen LogP contribution is -2.33. The Balaban J connectivity index is 1.77. The standard InChI is InChI=1S/C22H22N2O4/c1-27-18-10-9-16-13-17(21(25)23-14-15-7-3-2-4-8-15)22(26)24-11-5-6-12-28-20(18)19(16)24/h2-4,7-10,13H,5-6,11-12,14H2,1H3,(H,23,25). The summed E-state index contributed by atoms with van der Waals surface area (Å²) in [7, 11) is 1.58. The van der Waals surface area contributed by atoms with E-state index in [9.17, 15) is 9.59 Å². The van der Waals surface area contributed by atoms with Gasteiger partial charge in [0.15, 0.2) is 11.5 Å². The highest BCUT2D eigenvalue weighted by atomic mass is 16.5. The Labute approximate surface area is 162 Å². The molecule has 2 heterocycles. The number of hydrogen-bond acceptors (Lipinski definition) is 4. The molecule has 1 N–H and O–H groups in total. The molecule has 0 saturated carbocycles. The average molecular weight is 378 g/mol. The van der Waals surface area contributed by atoms with Crippen molar-refractivity contribution in [3.63, 3.8) is 0 Å². The molecule has 144 valence electrons. The minimum atomic E-state index is -0.375. The molecule has 0 aliphatic carbocycles. The maximum atomic E-state index is 13.1. The van der Waals surface area contributed by atoms with E-state index in [2.05, 4.69) is 5.32 Å². The Morgan fingerprint density at radius 1 is 1.18 bits per heavy atom. The summed E-state index contributed by atoms with van der Waals surface area (Å²) >= 11 is 0. The fourth-order valence-electron chi connectivity index (χ4n) is 3.52. The van der Waals surface area contributed by atoms with Gasteiger partial charge in [0.25, 0.3) is 11.5 Å². The molecule has 0 bridgehead atoms. The van der Waals surface area contributed by atoms with Crippen LogP contribution in [0.25, 0.3) is 10.9 Å². The monoisotopic (exact) mass is 378 g/mol. The largest absolute Gasteiger partial charge is 0.493 e. The summed E-state index contributed by atoms with van der Waals surface area (Å²) in [6, 6.07) is 14.9. The van der Waals surface area contributed by atoms with Gasteiger partial charge in [-0.15, -0.1) is 0 Å². The third-order valence-corrected chi connectivity index (χ3v) is 4.95. The predicted octanol–water partition coefficient (Wildman–Crippen LogP) is 3.11. The number of amides is 1. The first-order chi connectivity index (χ1) is 13.7. The number of nitrogens with one attached hydrogen (secondary N) is 1. The molecule has 6 nitrogen and oxygen atoms in total. The van der Waals surface area contributed by atoms with Crippen LogP contribution in [-0.2, 0) is 13.1 Å². The molecule has 0 atom stereocenters. The molecule has 4 rings (SSSR count). The Morgan fingerprint density at radius 3 is 2.79 bits per heavy atom. The number of aryl methyl sites for hydroxylation is 1.